The molecule has 0 aromatic heterocycles. The van der Waals surface area contributed by atoms with Crippen LogP contribution in [0, 0.1) is 10.1 Å². The number of nitrogens with zero attached hydrogens (tertiary/aromatic N) is 2. The standard InChI is InChI=1S/C26H21N3O7/c1-15(30)27-18-7-11-19(12-8-18)28-23(16-3-9-20(10-4-16)29(34)35)22(25(32)26(28)33)24(31)17-5-13-21(36-2)14-6-17/h3-14,23,31H,1-2H3,(H,27,30). The molecule has 2 amide bonds. The summed E-state index contributed by atoms with van der Waals surface area (Å²) in [6.07, 6.45) is 0. The van der Waals surface area contributed by atoms with E-state index in [2.05, 4.69) is 5.32 Å². The molecule has 0 bridgehead atoms. The number of Topliss-reactive ketones (excluding diaryl/α,β-unsaturated/α-hetero) is 1. The lowest BCUT2D eigenvalue weighted by atomic mass is 9.95. The first-order chi connectivity index (χ1) is 17.2. The maximum absolute atomic E-state index is 13.2. The van der Waals surface area contributed by atoms with Gasteiger partial charge in [-0.1, -0.05) is 0 Å². The molecule has 3 aromatic rings. The molecule has 0 aliphatic carbocycles. The van der Waals surface area contributed by atoms with Gasteiger partial charge in [0.15, 0.2) is 0 Å². The van der Waals surface area contributed by atoms with Crippen molar-refractivity contribution in [2.45, 2.75) is 13.0 Å². The fraction of sp³-hybridized carbons (Fsp3) is 0.115. The highest BCUT2D eigenvalue weighted by atomic mass is 16.6. The van der Waals surface area contributed by atoms with Crippen molar-refractivity contribution in [2.75, 3.05) is 17.3 Å². The number of carbonyl (C=O) groups is 3. The molecule has 4 rings (SSSR count). The lowest BCUT2D eigenvalue weighted by molar-refractivity contribution is -0.384. The summed E-state index contributed by atoms with van der Waals surface area (Å²) in [5.41, 5.74) is 1.19. The lowest BCUT2D eigenvalue weighted by Gasteiger charge is -2.25. The molecule has 1 aliphatic heterocycles. The van der Waals surface area contributed by atoms with Crippen molar-refractivity contribution >= 4 is 40.4 Å². The van der Waals surface area contributed by atoms with Crippen LogP contribution >= 0.6 is 0 Å². The van der Waals surface area contributed by atoms with Crippen LogP contribution in [0.1, 0.15) is 24.1 Å². The van der Waals surface area contributed by atoms with E-state index in [9.17, 15) is 29.6 Å². The van der Waals surface area contributed by atoms with Gasteiger partial charge in [-0.25, -0.2) is 0 Å². The highest BCUT2D eigenvalue weighted by molar-refractivity contribution is 6.51. The number of anilines is 2. The van der Waals surface area contributed by atoms with Gasteiger partial charge in [0.25, 0.3) is 17.4 Å². The molecule has 1 heterocycles. The zero-order valence-corrected chi connectivity index (χ0v) is 19.3. The summed E-state index contributed by atoms with van der Waals surface area (Å²) in [4.78, 5) is 49.6. The summed E-state index contributed by atoms with van der Waals surface area (Å²) in [5.74, 6) is -1.90. The van der Waals surface area contributed by atoms with Crippen LogP contribution in [0.3, 0.4) is 0 Å². The maximum atomic E-state index is 13.2. The van der Waals surface area contributed by atoms with Gasteiger partial charge in [-0.3, -0.25) is 29.4 Å². The van der Waals surface area contributed by atoms with Crippen molar-refractivity contribution < 1.29 is 29.2 Å². The minimum Gasteiger partial charge on any atom is -0.507 e. The number of ketones is 1. The molecular weight excluding hydrogens is 466 g/mol. The predicted octanol–water partition coefficient (Wildman–Crippen LogP) is 4.19. The quantitative estimate of drug-likeness (QED) is 0.175. The SMILES string of the molecule is COc1ccc(C(O)=C2C(=O)C(=O)N(c3ccc(NC(C)=O)cc3)C2c2ccc([N+](=O)[O-])cc2)cc1. The molecule has 1 atom stereocenters. The number of nitrogens with one attached hydrogen (secondary N) is 1. The van der Waals surface area contributed by atoms with Crippen LogP contribution in [0.25, 0.3) is 5.76 Å². The van der Waals surface area contributed by atoms with Gasteiger partial charge in [0, 0.05) is 36.0 Å². The van der Waals surface area contributed by atoms with Crippen LogP contribution in [0.15, 0.2) is 78.4 Å². The first-order valence-corrected chi connectivity index (χ1v) is 10.8. The molecule has 0 radical (unpaired) electrons. The number of benzene rings is 3. The number of nitro benzene ring substituents is 1. The molecule has 0 spiro atoms. The van der Waals surface area contributed by atoms with Gasteiger partial charge in [-0.15, -0.1) is 0 Å². The number of aliphatic hydroxyl groups excluding tert-OH is 1. The molecule has 3 aromatic carbocycles. The normalized spacial score (nSPS) is 16.6. The fourth-order valence-electron chi connectivity index (χ4n) is 4.01. The van der Waals surface area contributed by atoms with Crippen LogP contribution in [0.4, 0.5) is 17.1 Å². The van der Waals surface area contributed by atoms with E-state index in [0.717, 1.165) is 0 Å². The third-order valence-corrected chi connectivity index (χ3v) is 5.69. The second-order valence-corrected chi connectivity index (χ2v) is 7.97. The first kappa shape index (κ1) is 24.1. The van der Waals surface area contributed by atoms with Crippen molar-refractivity contribution in [3.63, 3.8) is 0 Å². The van der Waals surface area contributed by atoms with E-state index in [1.165, 1.54) is 43.2 Å². The van der Waals surface area contributed by atoms with E-state index < -0.39 is 28.4 Å². The van der Waals surface area contributed by atoms with Gasteiger partial charge in [-0.05, 0) is 66.2 Å². The Labute approximate surface area is 205 Å². The van der Waals surface area contributed by atoms with Crippen LogP contribution in [0.2, 0.25) is 0 Å². The molecule has 182 valence electrons. The molecule has 0 saturated carbocycles. The van der Waals surface area contributed by atoms with Gasteiger partial charge in [0.2, 0.25) is 5.91 Å². The predicted molar refractivity (Wildman–Crippen MR) is 132 cm³/mol. The molecule has 10 nitrogen and oxygen atoms in total. The van der Waals surface area contributed by atoms with E-state index in [0.29, 0.717) is 28.3 Å². The van der Waals surface area contributed by atoms with Crippen molar-refractivity contribution in [1.29, 1.82) is 0 Å². The number of non-ortho nitro benzene ring substituents is 1. The van der Waals surface area contributed by atoms with E-state index >= 15 is 0 Å². The van der Waals surface area contributed by atoms with Crippen molar-refractivity contribution in [1.82, 2.24) is 0 Å². The maximum Gasteiger partial charge on any atom is 0.300 e. The van der Waals surface area contributed by atoms with Gasteiger partial charge in [0.05, 0.1) is 23.6 Å². The molecule has 1 unspecified atom stereocenters. The Morgan fingerprint density at radius 2 is 1.61 bits per heavy atom. The minimum atomic E-state index is -1.06. The zero-order chi connectivity index (χ0) is 26.0. The molecule has 10 heteroatoms. The molecule has 2 N–H and O–H groups in total. The molecular formula is C26H21N3O7. The van der Waals surface area contributed by atoms with E-state index in [1.807, 2.05) is 0 Å². The third-order valence-electron chi connectivity index (χ3n) is 5.69. The lowest BCUT2D eigenvalue weighted by Crippen LogP contribution is -2.29. The Morgan fingerprint density at radius 3 is 2.14 bits per heavy atom. The Morgan fingerprint density at radius 1 is 1.00 bits per heavy atom. The van der Waals surface area contributed by atoms with Crippen LogP contribution in [0.5, 0.6) is 5.75 Å². The minimum absolute atomic E-state index is 0.162. The van der Waals surface area contributed by atoms with E-state index in [-0.39, 0.29) is 17.2 Å². The summed E-state index contributed by atoms with van der Waals surface area (Å²) in [7, 11) is 1.49. The summed E-state index contributed by atoms with van der Waals surface area (Å²) in [6.45, 7) is 1.36. The summed E-state index contributed by atoms with van der Waals surface area (Å²) in [5, 5.41) is 24.9. The van der Waals surface area contributed by atoms with Gasteiger partial charge >= 0.3 is 0 Å². The number of aliphatic hydroxyl groups is 1. The number of methoxy groups -OCH3 is 1. The van der Waals surface area contributed by atoms with Crippen LogP contribution in [-0.2, 0) is 14.4 Å². The number of rotatable bonds is 6. The summed E-state index contributed by atoms with van der Waals surface area (Å²) in [6, 6.07) is 16.9. The molecule has 1 aliphatic rings. The highest BCUT2D eigenvalue weighted by Crippen LogP contribution is 2.42. The monoisotopic (exact) mass is 487 g/mol. The van der Waals surface area contributed by atoms with Crippen LogP contribution in [-0.4, -0.2) is 34.7 Å². The van der Waals surface area contributed by atoms with Crippen molar-refractivity contribution in [3.05, 3.63) is 99.6 Å². The second kappa shape index (κ2) is 9.71. The van der Waals surface area contributed by atoms with Gasteiger partial charge in [0.1, 0.15) is 11.5 Å². The Hall–Kier alpha value is -4.99. The topological polar surface area (TPSA) is 139 Å². The van der Waals surface area contributed by atoms with Crippen LogP contribution < -0.4 is 15.0 Å². The molecule has 36 heavy (non-hydrogen) atoms. The Kier molecular flexibility index (Phi) is 6.51. The van der Waals surface area contributed by atoms with Crippen molar-refractivity contribution in [2.24, 2.45) is 0 Å². The Balaban J connectivity index is 1.86. The number of carbonyl (C=O) groups excluding carboxylic acids is 3. The number of nitro groups is 1. The summed E-state index contributed by atoms with van der Waals surface area (Å²) >= 11 is 0. The summed E-state index contributed by atoms with van der Waals surface area (Å²) < 4.78 is 5.13. The average molecular weight is 487 g/mol. The zero-order valence-electron chi connectivity index (χ0n) is 19.3. The van der Waals surface area contributed by atoms with E-state index in [1.54, 1.807) is 48.5 Å². The largest absolute Gasteiger partial charge is 0.507 e. The Bertz CT molecular complexity index is 1380. The first-order valence-electron chi connectivity index (χ1n) is 10.8. The van der Waals surface area contributed by atoms with Gasteiger partial charge in [-0.2, -0.15) is 0 Å². The number of amides is 2. The second-order valence-electron chi connectivity index (χ2n) is 7.97. The number of hydrogen-bond donors (Lipinski definition) is 2. The number of hydrogen-bond acceptors (Lipinski definition) is 7. The smallest absolute Gasteiger partial charge is 0.300 e. The number of ether oxygens (including phenoxy) is 1. The molecule has 1 fully saturated rings. The fourth-order valence-corrected chi connectivity index (χ4v) is 4.01. The highest BCUT2D eigenvalue weighted by Gasteiger charge is 2.47. The van der Waals surface area contributed by atoms with Crippen molar-refractivity contribution in [3.8, 4) is 5.75 Å². The van der Waals surface area contributed by atoms with Gasteiger partial charge < -0.3 is 15.2 Å². The van der Waals surface area contributed by atoms with E-state index in [4.69, 9.17) is 4.74 Å². The molecule has 1 saturated heterocycles. The average Bonchev–Trinajstić information content (AvgIpc) is 3.14. The third kappa shape index (κ3) is 4.51.